The Labute approximate surface area is 113 Å². The summed E-state index contributed by atoms with van der Waals surface area (Å²) in [5, 5.41) is 15.6. The highest BCUT2D eigenvalue weighted by Gasteiger charge is 2.16. The summed E-state index contributed by atoms with van der Waals surface area (Å²) in [6, 6.07) is 10.00. The van der Waals surface area contributed by atoms with Gasteiger partial charge < -0.3 is 9.84 Å². The lowest BCUT2D eigenvalue weighted by Gasteiger charge is -2.09. The molecule has 1 unspecified atom stereocenters. The van der Waals surface area contributed by atoms with Crippen LogP contribution in [0.15, 0.2) is 41.1 Å². The van der Waals surface area contributed by atoms with Crippen LogP contribution in [0.5, 0.6) is 5.75 Å². The fourth-order valence-corrected chi connectivity index (χ4v) is 3.76. The van der Waals surface area contributed by atoms with E-state index in [0.29, 0.717) is 0 Å². The van der Waals surface area contributed by atoms with Gasteiger partial charge in [-0.2, -0.15) is 0 Å². The zero-order valence-electron chi connectivity index (χ0n) is 9.79. The summed E-state index contributed by atoms with van der Waals surface area (Å²) in [5.41, 5.74) is 0.965. The summed E-state index contributed by atoms with van der Waals surface area (Å²) in [5.74, 6) is 0.799. The first kappa shape index (κ1) is 11.7. The molecule has 3 rings (SSSR count). The number of thiophene rings is 2. The lowest BCUT2D eigenvalue weighted by atomic mass is 10.1. The van der Waals surface area contributed by atoms with Crippen LogP contribution in [-0.2, 0) is 0 Å². The highest BCUT2D eigenvalue weighted by Crippen LogP contribution is 2.35. The number of aliphatic hydroxyl groups is 1. The van der Waals surface area contributed by atoms with Crippen molar-refractivity contribution in [3.8, 4) is 5.75 Å². The molecule has 0 bridgehead atoms. The molecule has 1 aromatic carbocycles. The summed E-state index contributed by atoms with van der Waals surface area (Å²) in [6.07, 6.45) is -0.582. The second-order valence-corrected chi connectivity index (χ2v) is 5.84. The zero-order valence-corrected chi connectivity index (χ0v) is 11.4. The SMILES string of the molecule is COc1csc(C(O)c2cccc3ccsc23)c1. The van der Waals surface area contributed by atoms with E-state index >= 15 is 0 Å². The van der Waals surface area contributed by atoms with Crippen LogP contribution >= 0.6 is 22.7 Å². The van der Waals surface area contributed by atoms with E-state index in [1.54, 1.807) is 18.4 Å². The number of rotatable bonds is 3. The van der Waals surface area contributed by atoms with E-state index in [1.165, 1.54) is 16.7 Å². The number of hydrogen-bond acceptors (Lipinski definition) is 4. The summed E-state index contributed by atoms with van der Waals surface area (Å²) >= 11 is 3.18. The molecule has 0 aliphatic heterocycles. The number of benzene rings is 1. The zero-order chi connectivity index (χ0) is 12.5. The van der Waals surface area contributed by atoms with Gasteiger partial charge in [0.25, 0.3) is 0 Å². The van der Waals surface area contributed by atoms with Gasteiger partial charge in [0.05, 0.1) is 7.11 Å². The van der Waals surface area contributed by atoms with E-state index in [2.05, 4.69) is 17.5 Å². The molecule has 3 aromatic rings. The smallest absolute Gasteiger partial charge is 0.129 e. The third-order valence-corrected chi connectivity index (χ3v) is 4.85. The average Bonchev–Trinajstić information content (AvgIpc) is 3.05. The average molecular weight is 276 g/mol. The van der Waals surface area contributed by atoms with Crippen LogP contribution in [0.2, 0.25) is 0 Å². The molecule has 18 heavy (non-hydrogen) atoms. The predicted molar refractivity (Wildman–Crippen MR) is 76.8 cm³/mol. The number of methoxy groups -OCH3 is 1. The van der Waals surface area contributed by atoms with Crippen molar-refractivity contribution in [1.82, 2.24) is 0 Å². The lowest BCUT2D eigenvalue weighted by molar-refractivity contribution is 0.225. The number of aliphatic hydroxyl groups excluding tert-OH is 1. The van der Waals surface area contributed by atoms with E-state index in [0.717, 1.165) is 20.9 Å². The normalized spacial score (nSPS) is 12.8. The molecule has 0 aliphatic rings. The first-order valence-corrected chi connectivity index (χ1v) is 7.32. The summed E-state index contributed by atoms with van der Waals surface area (Å²) in [6.45, 7) is 0. The Balaban J connectivity index is 2.05. The van der Waals surface area contributed by atoms with E-state index in [1.807, 2.05) is 23.6 Å². The van der Waals surface area contributed by atoms with Crippen LogP contribution < -0.4 is 4.74 Å². The Morgan fingerprint density at radius 1 is 1.22 bits per heavy atom. The molecule has 2 heterocycles. The van der Waals surface area contributed by atoms with Crippen LogP contribution in [-0.4, -0.2) is 12.2 Å². The molecule has 0 saturated heterocycles. The van der Waals surface area contributed by atoms with Crippen molar-refractivity contribution in [2.45, 2.75) is 6.10 Å². The minimum absolute atomic E-state index is 0.582. The third kappa shape index (κ3) is 1.92. The molecule has 2 nitrogen and oxygen atoms in total. The highest BCUT2D eigenvalue weighted by molar-refractivity contribution is 7.17. The van der Waals surface area contributed by atoms with Gasteiger partial charge in [0.15, 0.2) is 0 Å². The standard InChI is InChI=1S/C14H12O2S2/c1-16-10-7-12(18-8-10)13(15)11-4-2-3-9-5-6-17-14(9)11/h2-8,13,15H,1H3. The van der Waals surface area contributed by atoms with Crippen molar-refractivity contribution in [1.29, 1.82) is 0 Å². The van der Waals surface area contributed by atoms with Gasteiger partial charge in [-0.25, -0.2) is 0 Å². The highest BCUT2D eigenvalue weighted by atomic mass is 32.1. The molecule has 0 spiro atoms. The summed E-state index contributed by atoms with van der Waals surface area (Å²) < 4.78 is 6.31. The van der Waals surface area contributed by atoms with Crippen molar-refractivity contribution in [3.05, 3.63) is 51.5 Å². The number of hydrogen-bond donors (Lipinski definition) is 1. The van der Waals surface area contributed by atoms with Gasteiger partial charge in [-0.1, -0.05) is 18.2 Å². The molecule has 0 radical (unpaired) electrons. The quantitative estimate of drug-likeness (QED) is 0.782. The largest absolute Gasteiger partial charge is 0.496 e. The molecule has 0 amide bonds. The van der Waals surface area contributed by atoms with Gasteiger partial charge in [0.2, 0.25) is 0 Å². The van der Waals surface area contributed by atoms with Gasteiger partial charge >= 0.3 is 0 Å². The molecule has 1 atom stereocenters. The molecule has 0 fully saturated rings. The topological polar surface area (TPSA) is 29.5 Å². The minimum atomic E-state index is -0.582. The van der Waals surface area contributed by atoms with E-state index in [-0.39, 0.29) is 0 Å². The van der Waals surface area contributed by atoms with Crippen LogP contribution in [0.25, 0.3) is 10.1 Å². The molecule has 1 N–H and O–H groups in total. The van der Waals surface area contributed by atoms with Crippen LogP contribution in [0, 0.1) is 0 Å². The van der Waals surface area contributed by atoms with Gasteiger partial charge in [-0.3, -0.25) is 0 Å². The molecule has 0 aliphatic carbocycles. The molecular formula is C14H12O2S2. The second kappa shape index (κ2) is 4.72. The Hall–Kier alpha value is -1.36. The Bertz CT molecular complexity index is 669. The maximum Gasteiger partial charge on any atom is 0.129 e. The van der Waals surface area contributed by atoms with E-state index in [4.69, 9.17) is 4.74 Å². The fourth-order valence-electron chi connectivity index (χ4n) is 1.97. The molecule has 92 valence electrons. The van der Waals surface area contributed by atoms with Crippen LogP contribution in [0.3, 0.4) is 0 Å². The van der Waals surface area contributed by atoms with E-state index in [9.17, 15) is 5.11 Å². The Kier molecular flexibility index (Phi) is 3.07. The first-order valence-electron chi connectivity index (χ1n) is 5.56. The molecular weight excluding hydrogens is 264 g/mol. The van der Waals surface area contributed by atoms with Crippen molar-refractivity contribution in [2.75, 3.05) is 7.11 Å². The first-order chi connectivity index (χ1) is 8.79. The van der Waals surface area contributed by atoms with Crippen molar-refractivity contribution < 1.29 is 9.84 Å². The third-order valence-electron chi connectivity index (χ3n) is 2.90. The number of ether oxygens (including phenoxy) is 1. The Morgan fingerprint density at radius 2 is 2.11 bits per heavy atom. The lowest BCUT2D eigenvalue weighted by Crippen LogP contribution is -1.96. The molecule has 4 heteroatoms. The summed E-state index contributed by atoms with van der Waals surface area (Å²) in [7, 11) is 1.64. The molecule has 2 aromatic heterocycles. The monoisotopic (exact) mass is 276 g/mol. The van der Waals surface area contributed by atoms with Crippen molar-refractivity contribution in [2.24, 2.45) is 0 Å². The van der Waals surface area contributed by atoms with Gasteiger partial charge in [-0.05, 0) is 22.9 Å². The van der Waals surface area contributed by atoms with E-state index < -0.39 is 6.10 Å². The second-order valence-electron chi connectivity index (χ2n) is 3.98. The minimum Gasteiger partial charge on any atom is -0.496 e. The molecule has 0 saturated carbocycles. The van der Waals surface area contributed by atoms with Crippen molar-refractivity contribution >= 4 is 32.8 Å². The van der Waals surface area contributed by atoms with Gasteiger partial charge in [-0.15, -0.1) is 22.7 Å². The predicted octanol–water partition coefficient (Wildman–Crippen LogP) is 4.05. The maximum absolute atomic E-state index is 10.5. The fraction of sp³-hybridized carbons (Fsp3) is 0.143. The van der Waals surface area contributed by atoms with Gasteiger partial charge in [0.1, 0.15) is 11.9 Å². The number of fused-ring (bicyclic) bond motifs is 1. The van der Waals surface area contributed by atoms with Crippen LogP contribution in [0.1, 0.15) is 16.5 Å². The maximum atomic E-state index is 10.5. The summed E-state index contributed by atoms with van der Waals surface area (Å²) in [4.78, 5) is 0.910. The van der Waals surface area contributed by atoms with Gasteiger partial charge in [0, 0.05) is 20.5 Å². The Morgan fingerprint density at radius 3 is 2.89 bits per heavy atom. The van der Waals surface area contributed by atoms with Crippen LogP contribution in [0.4, 0.5) is 0 Å². The van der Waals surface area contributed by atoms with Crippen molar-refractivity contribution in [3.63, 3.8) is 0 Å².